The van der Waals surface area contributed by atoms with Crippen molar-refractivity contribution in [3.8, 4) is 0 Å². The Kier molecular flexibility index (Phi) is 73.8. The number of hydrogen-bond donors (Lipinski definition) is 0. The number of carboxylic acid groups (broad SMARTS) is 1. The minimum atomic E-state index is -1.62. The van der Waals surface area contributed by atoms with Gasteiger partial charge in [-0.05, 0) is 51.4 Å². The van der Waals surface area contributed by atoms with Crippen molar-refractivity contribution in [2.45, 2.75) is 431 Å². The van der Waals surface area contributed by atoms with E-state index in [4.69, 9.17) is 18.9 Å². The molecule has 552 valence electrons. The van der Waals surface area contributed by atoms with E-state index in [2.05, 4.69) is 62.5 Å². The summed E-state index contributed by atoms with van der Waals surface area (Å²) in [5.74, 6) is -2.25. The Labute approximate surface area is 584 Å². The molecule has 0 spiro atoms. The molecule has 2 atom stereocenters. The first-order valence-corrected chi connectivity index (χ1v) is 41.3. The zero-order valence-corrected chi connectivity index (χ0v) is 63.4. The monoisotopic (exact) mass is 1320 g/mol. The molecule has 0 aromatic heterocycles. The summed E-state index contributed by atoms with van der Waals surface area (Å²) in [6, 6.07) is 0. The Morgan fingerprint density at radius 2 is 0.606 bits per heavy atom. The zero-order valence-electron chi connectivity index (χ0n) is 63.4. The maximum absolute atomic E-state index is 13.0. The SMILES string of the molecule is CC/C=C\C/C=C\C/C=C\C/C=C\CCCCCCCCCCCCCCCCCCCCCCCCCCC(=O)OC(COC(=O)CCCCCCCCCCCCCCCCCCCCCCCCCCCCCCCCCC)COC(OCC[N+](C)(C)C)C(=O)[O-]. The maximum atomic E-state index is 13.0. The number of nitrogens with zero attached hydrogens (tertiary/aromatic N) is 1. The molecule has 0 saturated heterocycles. The lowest BCUT2D eigenvalue weighted by molar-refractivity contribution is -0.870. The van der Waals surface area contributed by atoms with Gasteiger partial charge in [-0.1, -0.05) is 403 Å². The van der Waals surface area contributed by atoms with E-state index in [0.717, 1.165) is 64.2 Å². The number of esters is 2. The van der Waals surface area contributed by atoms with E-state index in [1.165, 1.54) is 327 Å². The smallest absolute Gasteiger partial charge is 0.306 e. The van der Waals surface area contributed by atoms with Crippen molar-refractivity contribution in [2.24, 2.45) is 0 Å². The largest absolute Gasteiger partial charge is 0.545 e. The predicted octanol–water partition coefficient (Wildman–Crippen LogP) is 25.1. The van der Waals surface area contributed by atoms with Gasteiger partial charge in [0.05, 0.1) is 40.3 Å². The van der Waals surface area contributed by atoms with Crippen LogP contribution in [0, 0.1) is 0 Å². The highest BCUT2D eigenvalue weighted by Crippen LogP contribution is 2.20. The predicted molar refractivity (Wildman–Crippen MR) is 403 cm³/mol. The first-order chi connectivity index (χ1) is 46.1. The van der Waals surface area contributed by atoms with E-state index >= 15 is 0 Å². The summed E-state index contributed by atoms with van der Waals surface area (Å²) in [5, 5.41) is 11.9. The second kappa shape index (κ2) is 76.0. The first-order valence-electron chi connectivity index (χ1n) is 41.3. The van der Waals surface area contributed by atoms with Crippen LogP contribution >= 0.6 is 0 Å². The van der Waals surface area contributed by atoms with E-state index in [9.17, 15) is 19.5 Å². The molecule has 0 aliphatic rings. The van der Waals surface area contributed by atoms with Gasteiger partial charge in [-0.15, -0.1) is 0 Å². The Morgan fingerprint density at radius 3 is 0.904 bits per heavy atom. The van der Waals surface area contributed by atoms with Crippen LogP contribution in [0.1, 0.15) is 418 Å². The van der Waals surface area contributed by atoms with Gasteiger partial charge in [-0.2, -0.15) is 0 Å². The summed E-state index contributed by atoms with van der Waals surface area (Å²) in [5.41, 5.74) is 0. The topological polar surface area (TPSA) is 111 Å². The summed E-state index contributed by atoms with van der Waals surface area (Å²) < 4.78 is 22.9. The van der Waals surface area contributed by atoms with Crippen LogP contribution in [0.5, 0.6) is 0 Å². The number of rotatable bonds is 78. The average molecular weight is 1320 g/mol. The summed E-state index contributed by atoms with van der Waals surface area (Å²) in [6.07, 6.45) is 96.8. The number of allylic oxidation sites excluding steroid dienone is 8. The van der Waals surface area contributed by atoms with Crippen molar-refractivity contribution in [3.63, 3.8) is 0 Å². The Balaban J connectivity index is 3.94. The molecular formula is C85H159NO8. The van der Waals surface area contributed by atoms with Gasteiger partial charge in [0, 0.05) is 12.8 Å². The van der Waals surface area contributed by atoms with E-state index in [1.54, 1.807) is 0 Å². The highest BCUT2D eigenvalue weighted by molar-refractivity contribution is 5.70. The standard InChI is InChI=1S/C85H159NO8/c1-6-8-10-12-14-16-18-20-22-24-26-28-30-32-34-36-38-40-41-42-43-44-46-48-50-52-54-56-58-60-62-64-66-68-70-72-74-76-83(88)94-81(80-93-85(84(89)90)91-78-77-86(3,4)5)79-92-82(87)75-73-71-69-67-65-63-61-59-57-55-53-51-49-47-45-39-37-35-33-31-29-27-25-23-21-19-17-15-13-11-9-7-2/h8,10,14,16,20,22,26,28,81,85H,6-7,9,11-13,15,17-19,21,23-25,27,29-80H2,1-5H3/b10-8-,16-14-,22-20-,28-26-. The molecule has 0 N–H and O–H groups in total. The van der Waals surface area contributed by atoms with Crippen molar-refractivity contribution in [1.29, 1.82) is 0 Å². The molecular weight excluding hydrogens is 1160 g/mol. The Morgan fingerprint density at radius 1 is 0.330 bits per heavy atom. The van der Waals surface area contributed by atoms with Gasteiger partial charge >= 0.3 is 11.9 Å². The lowest BCUT2D eigenvalue weighted by Crippen LogP contribution is -2.44. The van der Waals surface area contributed by atoms with E-state index < -0.39 is 24.3 Å². The molecule has 0 aliphatic carbocycles. The van der Waals surface area contributed by atoms with Crippen molar-refractivity contribution in [3.05, 3.63) is 48.6 Å². The zero-order chi connectivity index (χ0) is 68.2. The molecule has 0 aromatic rings. The first kappa shape index (κ1) is 91.2. The summed E-state index contributed by atoms with van der Waals surface area (Å²) in [4.78, 5) is 37.6. The number of hydrogen-bond acceptors (Lipinski definition) is 8. The minimum absolute atomic E-state index is 0.151. The number of quaternary nitrogens is 1. The molecule has 9 heteroatoms. The molecule has 0 amide bonds. The molecule has 0 bridgehead atoms. The van der Waals surface area contributed by atoms with Gasteiger partial charge in [0.1, 0.15) is 13.2 Å². The fourth-order valence-electron chi connectivity index (χ4n) is 12.6. The van der Waals surface area contributed by atoms with Crippen LogP contribution in [0.2, 0.25) is 0 Å². The summed E-state index contributed by atoms with van der Waals surface area (Å²) in [7, 11) is 5.95. The third-order valence-electron chi connectivity index (χ3n) is 18.8. The normalized spacial score (nSPS) is 12.8. The van der Waals surface area contributed by atoms with Crippen molar-refractivity contribution in [1.82, 2.24) is 0 Å². The van der Waals surface area contributed by atoms with Crippen molar-refractivity contribution in [2.75, 3.05) is 47.5 Å². The van der Waals surface area contributed by atoms with Gasteiger partial charge < -0.3 is 33.3 Å². The second-order valence-electron chi connectivity index (χ2n) is 29.4. The number of carbonyl (C=O) groups is 3. The number of ether oxygens (including phenoxy) is 4. The molecule has 0 saturated carbocycles. The van der Waals surface area contributed by atoms with E-state index in [-0.39, 0.29) is 32.2 Å². The van der Waals surface area contributed by atoms with Crippen molar-refractivity contribution >= 4 is 17.9 Å². The molecule has 2 unspecified atom stereocenters. The molecule has 9 nitrogen and oxygen atoms in total. The van der Waals surface area contributed by atoms with E-state index in [0.29, 0.717) is 17.4 Å². The third-order valence-corrected chi connectivity index (χ3v) is 18.8. The molecule has 94 heavy (non-hydrogen) atoms. The fourth-order valence-corrected chi connectivity index (χ4v) is 12.6. The minimum Gasteiger partial charge on any atom is -0.545 e. The van der Waals surface area contributed by atoms with Gasteiger partial charge in [-0.3, -0.25) is 9.59 Å². The number of aliphatic carboxylic acids is 1. The van der Waals surface area contributed by atoms with Gasteiger partial charge in [-0.25, -0.2) is 0 Å². The number of carboxylic acids is 1. The Bertz CT molecular complexity index is 1680. The van der Waals surface area contributed by atoms with E-state index in [1.807, 2.05) is 21.1 Å². The fraction of sp³-hybridized carbons (Fsp3) is 0.871. The van der Waals surface area contributed by atoms with Crippen LogP contribution in [0.15, 0.2) is 48.6 Å². The number of likely N-dealkylation sites (N-methyl/N-ethyl adjacent to an activating group) is 1. The highest BCUT2D eigenvalue weighted by atomic mass is 16.7. The number of carbonyl (C=O) groups excluding carboxylic acids is 3. The van der Waals surface area contributed by atoms with Crippen LogP contribution in [0.3, 0.4) is 0 Å². The molecule has 0 rings (SSSR count). The van der Waals surface area contributed by atoms with Gasteiger partial charge in [0.25, 0.3) is 0 Å². The molecule has 0 radical (unpaired) electrons. The van der Waals surface area contributed by atoms with Crippen LogP contribution in [-0.2, 0) is 33.3 Å². The highest BCUT2D eigenvalue weighted by Gasteiger charge is 2.22. The Hall–Kier alpha value is -2.75. The molecule has 0 fully saturated rings. The molecule has 0 heterocycles. The average Bonchev–Trinajstić information content (AvgIpc) is 3.75. The lowest BCUT2D eigenvalue weighted by Gasteiger charge is -2.26. The second-order valence-corrected chi connectivity index (χ2v) is 29.4. The van der Waals surface area contributed by atoms with Crippen LogP contribution < -0.4 is 5.11 Å². The van der Waals surface area contributed by atoms with Gasteiger partial charge in [0.15, 0.2) is 12.4 Å². The lowest BCUT2D eigenvalue weighted by atomic mass is 10.0. The third kappa shape index (κ3) is 76.6. The number of unbranched alkanes of at least 4 members (excludes halogenated alkanes) is 55. The van der Waals surface area contributed by atoms with Crippen molar-refractivity contribution < 1.29 is 42.9 Å². The summed E-state index contributed by atoms with van der Waals surface area (Å²) in [6.45, 7) is 4.72. The van der Waals surface area contributed by atoms with Crippen LogP contribution in [0.4, 0.5) is 0 Å². The summed E-state index contributed by atoms with van der Waals surface area (Å²) >= 11 is 0. The quantitative estimate of drug-likeness (QED) is 0.0195. The van der Waals surface area contributed by atoms with Gasteiger partial charge in [0.2, 0.25) is 0 Å². The molecule has 0 aromatic carbocycles. The van der Waals surface area contributed by atoms with Crippen LogP contribution in [-0.4, -0.2) is 82.3 Å². The maximum Gasteiger partial charge on any atom is 0.306 e. The van der Waals surface area contributed by atoms with Crippen LogP contribution in [0.25, 0.3) is 0 Å². The molecule has 0 aliphatic heterocycles.